The second kappa shape index (κ2) is 6.90. The highest BCUT2D eigenvalue weighted by atomic mass is 79.9. The van der Waals surface area contributed by atoms with Gasteiger partial charge in [-0.2, -0.15) is 0 Å². The van der Waals surface area contributed by atoms with Gasteiger partial charge in [-0.15, -0.1) is 0 Å². The van der Waals surface area contributed by atoms with Gasteiger partial charge in [0.15, 0.2) is 0 Å². The molecule has 2 aliphatic rings. The third-order valence-electron chi connectivity index (χ3n) is 4.20. The highest BCUT2D eigenvalue weighted by Gasteiger charge is 2.31. The Morgan fingerprint density at radius 3 is 2.71 bits per heavy atom. The number of alkyl halides is 1. The maximum atomic E-state index is 12.3. The number of nitrogens with zero attached hydrogens (tertiary/aromatic N) is 2. The Balaban J connectivity index is 1.77. The van der Waals surface area contributed by atoms with Crippen molar-refractivity contribution in [3.05, 3.63) is 29.8 Å². The number of morpholine rings is 1. The quantitative estimate of drug-likeness (QED) is 0.779. The molecular weight excluding hydrogens is 332 g/mol. The molecule has 0 saturated carbocycles. The number of anilines is 1. The van der Waals surface area contributed by atoms with Gasteiger partial charge in [-0.3, -0.25) is 9.69 Å². The molecule has 0 aliphatic carbocycles. The van der Waals surface area contributed by atoms with E-state index in [2.05, 4.69) is 39.0 Å². The average Bonchev–Trinajstić information content (AvgIpc) is 2.90. The second-order valence-corrected chi connectivity index (χ2v) is 6.39. The van der Waals surface area contributed by atoms with Crippen molar-refractivity contribution < 1.29 is 9.53 Å². The zero-order valence-electron chi connectivity index (χ0n) is 12.1. The van der Waals surface area contributed by atoms with Crippen molar-refractivity contribution in [1.82, 2.24) is 4.90 Å². The Bertz CT molecular complexity index is 503. The first-order chi connectivity index (χ1) is 10.3. The van der Waals surface area contributed by atoms with Crippen molar-refractivity contribution in [2.75, 3.05) is 43.1 Å². The van der Waals surface area contributed by atoms with Crippen LogP contribution in [-0.4, -0.2) is 49.0 Å². The minimum Gasteiger partial charge on any atom is -0.379 e. The third-order valence-corrected chi connectivity index (χ3v) is 5.12. The normalized spacial score (nSPS) is 23.8. The summed E-state index contributed by atoms with van der Waals surface area (Å²) in [6, 6.07) is 8.29. The predicted octanol–water partition coefficient (Wildman–Crippen LogP) is 2.27. The molecule has 21 heavy (non-hydrogen) atoms. The first-order valence-corrected chi connectivity index (χ1v) is 8.64. The molecule has 2 fully saturated rings. The Labute approximate surface area is 134 Å². The number of hydrogen-bond acceptors (Lipinski definition) is 3. The van der Waals surface area contributed by atoms with Crippen LogP contribution < -0.4 is 4.90 Å². The van der Waals surface area contributed by atoms with E-state index in [-0.39, 0.29) is 5.91 Å². The van der Waals surface area contributed by atoms with Crippen LogP contribution in [0.4, 0.5) is 5.69 Å². The molecule has 3 rings (SSSR count). The van der Waals surface area contributed by atoms with Crippen LogP contribution in [0, 0.1) is 5.92 Å². The van der Waals surface area contributed by atoms with E-state index < -0.39 is 0 Å². The van der Waals surface area contributed by atoms with Crippen molar-refractivity contribution in [1.29, 1.82) is 0 Å². The highest BCUT2D eigenvalue weighted by molar-refractivity contribution is 9.09. The molecule has 1 unspecified atom stereocenters. The molecule has 0 bridgehead atoms. The number of rotatable bonds is 4. The van der Waals surface area contributed by atoms with Crippen LogP contribution in [0.25, 0.3) is 0 Å². The summed E-state index contributed by atoms with van der Waals surface area (Å²) < 4.78 is 5.40. The monoisotopic (exact) mass is 352 g/mol. The first-order valence-electron chi connectivity index (χ1n) is 7.52. The summed E-state index contributed by atoms with van der Waals surface area (Å²) in [5.74, 6) is 0.669. The molecule has 0 N–H and O–H groups in total. The van der Waals surface area contributed by atoms with E-state index in [1.54, 1.807) is 0 Å². The first kappa shape index (κ1) is 15.0. The van der Waals surface area contributed by atoms with Gasteiger partial charge in [0, 0.05) is 43.6 Å². The fourth-order valence-corrected chi connectivity index (χ4v) is 3.46. The smallest absolute Gasteiger partial charge is 0.227 e. The number of amides is 1. The topological polar surface area (TPSA) is 32.8 Å². The molecule has 4 nitrogen and oxygen atoms in total. The van der Waals surface area contributed by atoms with E-state index in [1.807, 2.05) is 11.0 Å². The SMILES string of the molecule is O=C1CC(CBr)CN1c1ccccc1CN1CCOCC1. The van der Waals surface area contributed by atoms with E-state index in [9.17, 15) is 4.79 Å². The summed E-state index contributed by atoms with van der Waals surface area (Å²) in [5, 5.41) is 0.890. The molecule has 0 radical (unpaired) electrons. The maximum Gasteiger partial charge on any atom is 0.227 e. The molecule has 5 heteroatoms. The zero-order valence-corrected chi connectivity index (χ0v) is 13.7. The minimum atomic E-state index is 0.244. The fourth-order valence-electron chi connectivity index (χ4n) is 3.03. The summed E-state index contributed by atoms with van der Waals surface area (Å²) in [4.78, 5) is 16.6. The van der Waals surface area contributed by atoms with E-state index in [0.29, 0.717) is 12.3 Å². The van der Waals surface area contributed by atoms with Crippen molar-refractivity contribution >= 4 is 27.5 Å². The number of carbonyl (C=O) groups excluding carboxylic acids is 1. The number of benzene rings is 1. The molecule has 0 aromatic heterocycles. The molecule has 1 atom stereocenters. The van der Waals surface area contributed by atoms with Crippen LogP contribution in [0.1, 0.15) is 12.0 Å². The molecule has 114 valence electrons. The zero-order chi connectivity index (χ0) is 14.7. The highest BCUT2D eigenvalue weighted by Crippen LogP contribution is 2.29. The summed E-state index contributed by atoms with van der Waals surface area (Å²) in [6.07, 6.45) is 0.650. The summed E-state index contributed by atoms with van der Waals surface area (Å²) >= 11 is 3.50. The van der Waals surface area contributed by atoms with Gasteiger partial charge in [0.1, 0.15) is 0 Å². The van der Waals surface area contributed by atoms with Crippen LogP contribution in [0.3, 0.4) is 0 Å². The van der Waals surface area contributed by atoms with Gasteiger partial charge in [-0.1, -0.05) is 34.1 Å². The van der Waals surface area contributed by atoms with E-state index in [4.69, 9.17) is 4.74 Å². The lowest BCUT2D eigenvalue weighted by Crippen LogP contribution is -2.36. The molecule has 1 aromatic carbocycles. The molecular formula is C16H21BrN2O2. The standard InChI is InChI=1S/C16H21BrN2O2/c17-10-13-9-16(20)19(11-13)15-4-2-1-3-14(15)12-18-5-7-21-8-6-18/h1-4,13H,5-12H2. The molecule has 0 spiro atoms. The van der Waals surface area contributed by atoms with E-state index in [1.165, 1.54) is 5.56 Å². The second-order valence-electron chi connectivity index (χ2n) is 5.75. The van der Waals surface area contributed by atoms with Crippen LogP contribution in [0.5, 0.6) is 0 Å². The van der Waals surface area contributed by atoms with Gasteiger partial charge in [0.2, 0.25) is 5.91 Å². The van der Waals surface area contributed by atoms with E-state index >= 15 is 0 Å². The number of ether oxygens (including phenoxy) is 1. The van der Waals surface area contributed by atoms with Crippen molar-refractivity contribution in [2.24, 2.45) is 5.92 Å². The lowest BCUT2D eigenvalue weighted by atomic mass is 10.1. The maximum absolute atomic E-state index is 12.3. The Morgan fingerprint density at radius 2 is 2.00 bits per heavy atom. The van der Waals surface area contributed by atoms with Crippen LogP contribution in [-0.2, 0) is 16.1 Å². The molecule has 1 amide bonds. The molecule has 1 aromatic rings. The number of para-hydroxylation sites is 1. The Hall–Kier alpha value is -0.910. The predicted molar refractivity (Wildman–Crippen MR) is 86.8 cm³/mol. The fraction of sp³-hybridized carbons (Fsp3) is 0.562. The van der Waals surface area contributed by atoms with Gasteiger partial charge in [-0.25, -0.2) is 0 Å². The summed E-state index contributed by atoms with van der Waals surface area (Å²) in [6.45, 7) is 5.25. The number of carbonyl (C=O) groups is 1. The third kappa shape index (κ3) is 3.47. The van der Waals surface area contributed by atoms with E-state index in [0.717, 1.165) is 50.4 Å². The van der Waals surface area contributed by atoms with Gasteiger partial charge >= 0.3 is 0 Å². The lowest BCUT2D eigenvalue weighted by Gasteiger charge is -2.28. The van der Waals surface area contributed by atoms with Crippen LogP contribution in [0.2, 0.25) is 0 Å². The minimum absolute atomic E-state index is 0.244. The van der Waals surface area contributed by atoms with Crippen LogP contribution in [0.15, 0.2) is 24.3 Å². The number of hydrogen-bond donors (Lipinski definition) is 0. The van der Waals surface area contributed by atoms with Gasteiger partial charge < -0.3 is 9.64 Å². The number of halogens is 1. The Kier molecular flexibility index (Phi) is 4.93. The Morgan fingerprint density at radius 1 is 1.24 bits per heavy atom. The van der Waals surface area contributed by atoms with Crippen LogP contribution >= 0.6 is 15.9 Å². The summed E-state index contributed by atoms with van der Waals surface area (Å²) in [5.41, 5.74) is 2.32. The average molecular weight is 353 g/mol. The lowest BCUT2D eigenvalue weighted by molar-refractivity contribution is -0.117. The summed E-state index contributed by atoms with van der Waals surface area (Å²) in [7, 11) is 0. The molecule has 2 heterocycles. The molecule has 2 saturated heterocycles. The van der Waals surface area contributed by atoms with Crippen molar-refractivity contribution in [3.8, 4) is 0 Å². The van der Waals surface area contributed by atoms with Crippen molar-refractivity contribution in [3.63, 3.8) is 0 Å². The van der Waals surface area contributed by atoms with Gasteiger partial charge in [-0.05, 0) is 17.5 Å². The largest absolute Gasteiger partial charge is 0.379 e. The van der Waals surface area contributed by atoms with Crippen molar-refractivity contribution in [2.45, 2.75) is 13.0 Å². The van der Waals surface area contributed by atoms with Gasteiger partial charge in [0.25, 0.3) is 0 Å². The molecule has 2 aliphatic heterocycles. The van der Waals surface area contributed by atoms with Gasteiger partial charge in [0.05, 0.1) is 13.2 Å².